The number of piperidine rings is 1. The summed E-state index contributed by atoms with van der Waals surface area (Å²) in [6.45, 7) is 4.94. The first-order chi connectivity index (χ1) is 19.1. The molecule has 2 aromatic rings. The summed E-state index contributed by atoms with van der Waals surface area (Å²) < 4.78 is 0. The van der Waals surface area contributed by atoms with E-state index in [4.69, 9.17) is 10.8 Å². The van der Waals surface area contributed by atoms with E-state index in [0.717, 1.165) is 37.7 Å². The van der Waals surface area contributed by atoms with Crippen LogP contribution in [0.2, 0.25) is 0 Å². The van der Waals surface area contributed by atoms with E-state index in [1.165, 1.54) is 11.1 Å². The highest BCUT2D eigenvalue weighted by atomic mass is 35.5. The Hall–Kier alpha value is -2.94. The summed E-state index contributed by atoms with van der Waals surface area (Å²) in [4.78, 5) is 41.5. The predicted molar refractivity (Wildman–Crippen MR) is 163 cm³/mol. The number of amides is 3. The van der Waals surface area contributed by atoms with E-state index in [0.29, 0.717) is 32.5 Å². The molecule has 5 N–H and O–H groups in total. The molecule has 4 rings (SSSR count). The molecular formula is C32H45ClN4O4. The van der Waals surface area contributed by atoms with Crippen LogP contribution in [0.1, 0.15) is 75.0 Å². The number of aliphatic hydroxyl groups excluding tert-OH is 1. The molecule has 0 unspecified atom stereocenters. The average Bonchev–Trinajstić information content (AvgIpc) is 3.26. The van der Waals surface area contributed by atoms with E-state index < -0.39 is 11.6 Å². The van der Waals surface area contributed by atoms with E-state index in [1.807, 2.05) is 41.3 Å². The normalized spacial score (nSPS) is 18.2. The zero-order chi connectivity index (χ0) is 28.8. The number of hydrogen-bond acceptors (Lipinski definition) is 5. The Balaban J connectivity index is 0.00000462. The smallest absolute Gasteiger partial charge is 0.245 e. The number of aliphatic hydroxyl groups is 1. The van der Waals surface area contributed by atoms with Crippen LogP contribution in [0.3, 0.4) is 0 Å². The second-order valence-corrected chi connectivity index (χ2v) is 11.9. The van der Waals surface area contributed by atoms with Gasteiger partial charge < -0.3 is 26.4 Å². The van der Waals surface area contributed by atoms with Gasteiger partial charge in [-0.05, 0) is 75.5 Å². The molecule has 2 aromatic carbocycles. The van der Waals surface area contributed by atoms with Gasteiger partial charge in [-0.3, -0.25) is 14.4 Å². The minimum Gasteiger partial charge on any atom is -0.396 e. The third-order valence-electron chi connectivity index (χ3n) is 8.47. The molecule has 9 heteroatoms. The maximum Gasteiger partial charge on any atom is 0.245 e. The van der Waals surface area contributed by atoms with Crippen molar-refractivity contribution in [2.24, 2.45) is 5.73 Å². The van der Waals surface area contributed by atoms with Crippen molar-refractivity contribution in [2.75, 3.05) is 26.2 Å². The number of nitrogens with one attached hydrogen (secondary N) is 2. The highest BCUT2D eigenvalue weighted by Gasteiger charge is 2.48. The van der Waals surface area contributed by atoms with Crippen LogP contribution >= 0.6 is 12.4 Å². The lowest BCUT2D eigenvalue weighted by molar-refractivity contribution is -0.139. The topological polar surface area (TPSA) is 125 Å². The molecule has 224 valence electrons. The minimum atomic E-state index is -1.08. The Morgan fingerprint density at radius 1 is 1.05 bits per heavy atom. The maximum atomic E-state index is 13.8. The minimum absolute atomic E-state index is 0. The van der Waals surface area contributed by atoms with Crippen LogP contribution in [-0.4, -0.2) is 65.5 Å². The first kappa shape index (κ1) is 32.6. The van der Waals surface area contributed by atoms with E-state index in [2.05, 4.69) is 28.8 Å². The van der Waals surface area contributed by atoms with Crippen LogP contribution in [0.5, 0.6) is 0 Å². The fourth-order valence-electron chi connectivity index (χ4n) is 6.15. The van der Waals surface area contributed by atoms with Crippen molar-refractivity contribution in [2.45, 2.75) is 81.7 Å². The number of rotatable bonds is 11. The summed E-state index contributed by atoms with van der Waals surface area (Å²) >= 11 is 0. The lowest BCUT2D eigenvalue weighted by Crippen LogP contribution is -2.57. The molecule has 0 bridgehead atoms. The Labute approximate surface area is 249 Å². The van der Waals surface area contributed by atoms with Crippen molar-refractivity contribution in [3.8, 4) is 0 Å². The number of hydrogen-bond donors (Lipinski definition) is 4. The predicted octanol–water partition coefficient (Wildman–Crippen LogP) is 3.20. The van der Waals surface area contributed by atoms with Gasteiger partial charge in [0.1, 0.15) is 6.04 Å². The van der Waals surface area contributed by atoms with Crippen molar-refractivity contribution < 1.29 is 19.5 Å². The lowest BCUT2D eigenvalue weighted by atomic mass is 9.73. The molecule has 3 amide bonds. The third-order valence-corrected chi connectivity index (χ3v) is 8.47. The molecule has 8 nitrogen and oxygen atoms in total. The highest BCUT2D eigenvalue weighted by molar-refractivity contribution is 5.91. The standard InChI is InChI=1S/C32H44N4O4.ClH/c1-31(2,33)30(40)35-27(15-8-12-23-10-4-3-5-11-23)29(39)36-19-16-32(17-20-36)22-25(28(38)34-18-9-21-37)24-13-6-7-14-26(24)32;/h3-7,10-11,13-14,25,27,37H,8-9,12,15-22,33H2,1-2H3,(H,34,38)(H,35,40);1H/t25-,27+;/m0./s1. The molecular weight excluding hydrogens is 540 g/mol. The Kier molecular flexibility index (Phi) is 11.4. The number of likely N-dealkylation sites (tertiary alicyclic amines) is 1. The first-order valence-corrected chi connectivity index (χ1v) is 14.6. The number of nitrogens with zero attached hydrogens (tertiary/aromatic N) is 1. The molecule has 1 heterocycles. The molecule has 0 aromatic heterocycles. The van der Waals surface area contributed by atoms with Gasteiger partial charge in [0.25, 0.3) is 0 Å². The van der Waals surface area contributed by atoms with Crippen molar-refractivity contribution in [3.63, 3.8) is 0 Å². The van der Waals surface area contributed by atoms with Gasteiger partial charge in [0.05, 0.1) is 11.5 Å². The number of benzene rings is 2. The Bertz CT molecular complexity index is 1180. The van der Waals surface area contributed by atoms with Gasteiger partial charge in [0, 0.05) is 31.7 Å². The molecule has 1 aliphatic carbocycles. The number of halogens is 1. The van der Waals surface area contributed by atoms with E-state index >= 15 is 0 Å². The lowest BCUT2D eigenvalue weighted by Gasteiger charge is -2.41. The molecule has 0 saturated carbocycles. The summed E-state index contributed by atoms with van der Waals surface area (Å²) in [6.07, 6.45) is 4.92. The number of fused-ring (bicyclic) bond motifs is 2. The molecule has 41 heavy (non-hydrogen) atoms. The number of carbonyl (C=O) groups excluding carboxylic acids is 3. The van der Waals surface area contributed by atoms with Crippen LogP contribution < -0.4 is 16.4 Å². The fourth-order valence-corrected chi connectivity index (χ4v) is 6.15. The molecule has 0 radical (unpaired) electrons. The summed E-state index contributed by atoms with van der Waals surface area (Å²) in [6, 6.07) is 17.7. The summed E-state index contributed by atoms with van der Waals surface area (Å²) in [7, 11) is 0. The van der Waals surface area contributed by atoms with Gasteiger partial charge >= 0.3 is 0 Å². The third kappa shape index (κ3) is 7.87. The molecule has 1 aliphatic heterocycles. The number of aryl methyl sites for hydroxylation is 1. The maximum absolute atomic E-state index is 13.8. The van der Waals surface area contributed by atoms with Gasteiger partial charge in [-0.1, -0.05) is 54.6 Å². The number of nitrogens with two attached hydrogens (primary N) is 1. The van der Waals surface area contributed by atoms with Gasteiger partial charge in [-0.2, -0.15) is 0 Å². The van der Waals surface area contributed by atoms with Gasteiger partial charge in [0.15, 0.2) is 0 Å². The Morgan fingerprint density at radius 3 is 2.37 bits per heavy atom. The monoisotopic (exact) mass is 584 g/mol. The number of carbonyl (C=O) groups is 3. The quantitative estimate of drug-likeness (QED) is 0.302. The first-order valence-electron chi connectivity index (χ1n) is 14.6. The van der Waals surface area contributed by atoms with Gasteiger partial charge in [-0.25, -0.2) is 0 Å². The second kappa shape index (κ2) is 14.3. The van der Waals surface area contributed by atoms with Gasteiger partial charge in [0.2, 0.25) is 17.7 Å². The summed E-state index contributed by atoms with van der Waals surface area (Å²) in [5.74, 6) is -0.625. The van der Waals surface area contributed by atoms with Crippen LogP contribution in [-0.2, 0) is 26.2 Å². The van der Waals surface area contributed by atoms with Crippen molar-refractivity contribution >= 4 is 30.1 Å². The van der Waals surface area contributed by atoms with Crippen LogP contribution in [0, 0.1) is 0 Å². The fraction of sp³-hybridized carbons (Fsp3) is 0.531. The second-order valence-electron chi connectivity index (χ2n) is 11.9. The Morgan fingerprint density at radius 2 is 1.71 bits per heavy atom. The summed E-state index contributed by atoms with van der Waals surface area (Å²) in [5.41, 5.74) is 8.29. The van der Waals surface area contributed by atoms with Crippen molar-refractivity contribution in [1.29, 1.82) is 0 Å². The largest absolute Gasteiger partial charge is 0.396 e. The molecule has 1 fully saturated rings. The van der Waals surface area contributed by atoms with Crippen molar-refractivity contribution in [1.82, 2.24) is 15.5 Å². The molecule has 1 spiro atoms. The van der Waals surface area contributed by atoms with E-state index in [9.17, 15) is 14.4 Å². The van der Waals surface area contributed by atoms with E-state index in [1.54, 1.807) is 13.8 Å². The highest BCUT2D eigenvalue weighted by Crippen LogP contribution is 2.51. The molecule has 2 atom stereocenters. The van der Waals surface area contributed by atoms with Crippen molar-refractivity contribution in [3.05, 3.63) is 71.3 Å². The molecule has 2 aliphatic rings. The van der Waals surface area contributed by atoms with Gasteiger partial charge in [-0.15, -0.1) is 12.4 Å². The average molecular weight is 585 g/mol. The van der Waals surface area contributed by atoms with Crippen LogP contribution in [0.4, 0.5) is 0 Å². The van der Waals surface area contributed by atoms with Crippen LogP contribution in [0.25, 0.3) is 0 Å². The van der Waals surface area contributed by atoms with Crippen LogP contribution in [0.15, 0.2) is 54.6 Å². The molecule has 1 saturated heterocycles. The summed E-state index contributed by atoms with van der Waals surface area (Å²) in [5, 5.41) is 15.0. The zero-order valence-corrected chi connectivity index (χ0v) is 25.1. The van der Waals surface area contributed by atoms with E-state index in [-0.39, 0.29) is 48.1 Å². The zero-order valence-electron chi connectivity index (χ0n) is 24.2. The SMILES string of the molecule is CC(C)(N)C(=O)N[C@H](CCCc1ccccc1)C(=O)N1CCC2(CC1)C[C@H](C(=O)NCCCO)c1ccccc12.Cl.